The van der Waals surface area contributed by atoms with E-state index in [2.05, 4.69) is 24.3 Å². The summed E-state index contributed by atoms with van der Waals surface area (Å²) in [7, 11) is 0. The minimum Gasteiger partial charge on any atom is -0.449 e. The van der Waals surface area contributed by atoms with Crippen LogP contribution in [0, 0.1) is 0 Å². The summed E-state index contributed by atoms with van der Waals surface area (Å²) in [5.41, 5.74) is 9.87. The lowest BCUT2D eigenvalue weighted by Gasteiger charge is -2.12. The molecule has 0 saturated heterocycles. The van der Waals surface area contributed by atoms with Crippen LogP contribution < -0.4 is 5.73 Å². The first-order chi connectivity index (χ1) is 9.77. The molecule has 0 atom stereocenters. The molecule has 2 N–H and O–H groups in total. The molecule has 2 aromatic rings. The second kappa shape index (κ2) is 6.24. The number of carbonyl (C=O) groups is 1. The van der Waals surface area contributed by atoms with Crippen molar-refractivity contribution in [1.29, 1.82) is 0 Å². The third-order valence-corrected chi connectivity index (χ3v) is 3.35. The molecule has 1 aliphatic carbocycles. The van der Waals surface area contributed by atoms with Crippen molar-refractivity contribution in [2.45, 2.75) is 19.8 Å². The van der Waals surface area contributed by atoms with Gasteiger partial charge in [0.2, 0.25) is 0 Å². The van der Waals surface area contributed by atoms with E-state index in [4.69, 9.17) is 10.5 Å². The van der Waals surface area contributed by atoms with Crippen LogP contribution in [0.15, 0.2) is 48.5 Å². The lowest BCUT2D eigenvalue weighted by atomic mass is 9.98. The molecular formula is C17H19NO2. The van der Waals surface area contributed by atoms with Crippen molar-refractivity contribution < 1.29 is 9.53 Å². The summed E-state index contributed by atoms with van der Waals surface area (Å²) < 4.78 is 4.98. The number of primary amides is 1. The lowest BCUT2D eigenvalue weighted by molar-refractivity contribution is 0.153. The number of carbonyl (C=O) groups excluding carboxylic acids is 1. The number of nitrogens with two attached hydrogens (primary N) is 1. The molecule has 0 fully saturated rings. The minimum absolute atomic E-state index is 0.0879. The van der Waals surface area contributed by atoms with Crippen molar-refractivity contribution in [3.8, 4) is 11.1 Å². The summed E-state index contributed by atoms with van der Waals surface area (Å²) in [6.07, 6.45) is -0.725. The zero-order valence-corrected chi connectivity index (χ0v) is 11.8. The first-order valence-electron chi connectivity index (χ1n) is 6.88. The van der Waals surface area contributed by atoms with Gasteiger partial charge in [0.25, 0.3) is 0 Å². The molecule has 3 nitrogen and oxygen atoms in total. The Morgan fingerprint density at radius 1 is 1.00 bits per heavy atom. The Morgan fingerprint density at radius 2 is 1.45 bits per heavy atom. The molecule has 0 radical (unpaired) electrons. The molecule has 0 saturated carbocycles. The third-order valence-electron chi connectivity index (χ3n) is 3.35. The standard InChI is InChI=1S/C15H13NO2.C2H6/c16-15(17)18-9-14-12-7-3-1-5-10(12)11-6-2-4-8-13(11)14;1-2/h1-8,14H,9H2,(H2,16,17);1-2H3. The molecule has 0 spiro atoms. The van der Waals surface area contributed by atoms with Gasteiger partial charge in [-0.15, -0.1) is 0 Å². The van der Waals surface area contributed by atoms with Crippen LogP contribution in [0.3, 0.4) is 0 Å². The van der Waals surface area contributed by atoms with Crippen LogP contribution in [0.2, 0.25) is 0 Å². The highest BCUT2D eigenvalue weighted by atomic mass is 16.5. The van der Waals surface area contributed by atoms with E-state index in [0.717, 1.165) is 0 Å². The van der Waals surface area contributed by atoms with Crippen LogP contribution in [0.5, 0.6) is 0 Å². The van der Waals surface area contributed by atoms with Gasteiger partial charge in [-0.1, -0.05) is 62.4 Å². The smallest absolute Gasteiger partial charge is 0.404 e. The largest absolute Gasteiger partial charge is 0.449 e. The van der Waals surface area contributed by atoms with Crippen molar-refractivity contribution in [2.75, 3.05) is 6.61 Å². The maximum absolute atomic E-state index is 10.8. The summed E-state index contributed by atoms with van der Waals surface area (Å²) in [5, 5.41) is 0. The Hall–Kier alpha value is -2.29. The maximum Gasteiger partial charge on any atom is 0.404 e. The topological polar surface area (TPSA) is 52.3 Å². The molecule has 2 aromatic carbocycles. The van der Waals surface area contributed by atoms with Gasteiger partial charge in [0.15, 0.2) is 0 Å². The SMILES string of the molecule is CC.NC(=O)OCC1c2ccccc2-c2ccccc21. The van der Waals surface area contributed by atoms with E-state index in [9.17, 15) is 4.79 Å². The highest BCUT2D eigenvalue weighted by Gasteiger charge is 2.28. The van der Waals surface area contributed by atoms with Crippen molar-refractivity contribution in [2.24, 2.45) is 5.73 Å². The number of benzene rings is 2. The van der Waals surface area contributed by atoms with Crippen LogP contribution in [0.25, 0.3) is 11.1 Å². The summed E-state index contributed by atoms with van der Waals surface area (Å²) in [6.45, 7) is 4.30. The Balaban J connectivity index is 0.000000704. The first kappa shape index (κ1) is 14.1. The molecule has 3 rings (SSSR count). The molecule has 0 heterocycles. The number of hydrogen-bond donors (Lipinski definition) is 1. The van der Waals surface area contributed by atoms with Crippen molar-refractivity contribution in [3.63, 3.8) is 0 Å². The Morgan fingerprint density at radius 3 is 1.90 bits per heavy atom. The van der Waals surface area contributed by atoms with E-state index < -0.39 is 6.09 Å². The average molecular weight is 269 g/mol. The fraction of sp³-hybridized carbons (Fsp3) is 0.235. The zero-order valence-electron chi connectivity index (χ0n) is 11.8. The highest BCUT2D eigenvalue weighted by Crippen LogP contribution is 2.44. The van der Waals surface area contributed by atoms with Crippen LogP contribution in [0.4, 0.5) is 4.79 Å². The molecule has 3 heteroatoms. The quantitative estimate of drug-likeness (QED) is 0.898. The van der Waals surface area contributed by atoms with Crippen LogP contribution in [-0.2, 0) is 4.74 Å². The summed E-state index contributed by atoms with van der Waals surface area (Å²) in [4.78, 5) is 10.8. The van der Waals surface area contributed by atoms with Crippen LogP contribution in [0.1, 0.15) is 30.9 Å². The van der Waals surface area contributed by atoms with E-state index in [-0.39, 0.29) is 5.92 Å². The fourth-order valence-electron chi connectivity index (χ4n) is 2.60. The molecule has 104 valence electrons. The predicted octanol–water partition coefficient (Wildman–Crippen LogP) is 3.92. The molecule has 0 unspecified atom stereocenters. The number of fused-ring (bicyclic) bond motifs is 3. The third kappa shape index (κ3) is 2.52. The van der Waals surface area contributed by atoms with Crippen molar-refractivity contribution >= 4 is 6.09 Å². The number of rotatable bonds is 2. The first-order valence-corrected chi connectivity index (χ1v) is 6.88. The summed E-state index contributed by atoms with van der Waals surface area (Å²) in [6, 6.07) is 16.4. The maximum atomic E-state index is 10.8. The van der Waals surface area contributed by atoms with Crippen molar-refractivity contribution in [3.05, 3.63) is 59.7 Å². The van der Waals surface area contributed by atoms with Crippen molar-refractivity contribution in [1.82, 2.24) is 0 Å². The lowest BCUT2D eigenvalue weighted by Crippen LogP contribution is -2.17. The Bertz CT molecular complexity index is 562. The van der Waals surface area contributed by atoms with Gasteiger partial charge in [0.05, 0.1) is 0 Å². The molecule has 0 aromatic heterocycles. The molecule has 1 aliphatic rings. The normalized spacial score (nSPS) is 11.9. The van der Waals surface area contributed by atoms with Gasteiger partial charge in [-0.25, -0.2) is 4.79 Å². The molecule has 0 aliphatic heterocycles. The Labute approximate surface area is 119 Å². The zero-order chi connectivity index (χ0) is 14.5. The molecule has 0 bridgehead atoms. The van der Waals surface area contributed by atoms with Gasteiger partial charge in [-0.2, -0.15) is 0 Å². The molecule has 20 heavy (non-hydrogen) atoms. The van der Waals surface area contributed by atoms with Gasteiger partial charge >= 0.3 is 6.09 Å². The average Bonchev–Trinajstić information content (AvgIpc) is 2.81. The summed E-state index contributed by atoms with van der Waals surface area (Å²) in [5.74, 6) is 0.0879. The van der Waals surface area contributed by atoms with Gasteiger partial charge in [-0.3, -0.25) is 0 Å². The summed E-state index contributed by atoms with van der Waals surface area (Å²) >= 11 is 0. The second-order valence-electron chi connectivity index (χ2n) is 4.36. The highest BCUT2D eigenvalue weighted by molar-refractivity contribution is 5.79. The number of hydrogen-bond acceptors (Lipinski definition) is 2. The van der Waals surface area contributed by atoms with Gasteiger partial charge in [-0.05, 0) is 22.3 Å². The monoisotopic (exact) mass is 269 g/mol. The van der Waals surface area contributed by atoms with E-state index in [0.29, 0.717) is 6.61 Å². The van der Waals surface area contributed by atoms with Gasteiger partial charge in [0, 0.05) is 5.92 Å². The fourth-order valence-corrected chi connectivity index (χ4v) is 2.60. The van der Waals surface area contributed by atoms with E-state index >= 15 is 0 Å². The number of amides is 1. The van der Waals surface area contributed by atoms with Gasteiger partial charge < -0.3 is 10.5 Å². The second-order valence-corrected chi connectivity index (χ2v) is 4.36. The van der Waals surface area contributed by atoms with Crippen LogP contribution in [-0.4, -0.2) is 12.7 Å². The minimum atomic E-state index is -0.725. The Kier molecular flexibility index (Phi) is 4.41. The van der Waals surface area contributed by atoms with Gasteiger partial charge in [0.1, 0.15) is 6.61 Å². The predicted molar refractivity (Wildman–Crippen MR) is 80.6 cm³/mol. The molecular weight excluding hydrogens is 250 g/mol. The van der Waals surface area contributed by atoms with Crippen LogP contribution >= 0.6 is 0 Å². The van der Waals surface area contributed by atoms with E-state index in [1.165, 1.54) is 22.3 Å². The molecule has 1 amide bonds. The number of ether oxygens (including phenoxy) is 1. The van der Waals surface area contributed by atoms with E-state index in [1.807, 2.05) is 38.1 Å². The van der Waals surface area contributed by atoms with E-state index in [1.54, 1.807) is 0 Å².